The molecule has 2 aromatic heterocycles. The molecule has 3 atom stereocenters. The third-order valence-corrected chi connectivity index (χ3v) is 5.20. The van der Waals surface area contributed by atoms with Gasteiger partial charge in [0, 0.05) is 50.3 Å². The summed E-state index contributed by atoms with van der Waals surface area (Å²) in [6, 6.07) is 1.82. The minimum atomic E-state index is 0.222. The summed E-state index contributed by atoms with van der Waals surface area (Å²) in [4.78, 5) is 19.8. The van der Waals surface area contributed by atoms with Crippen LogP contribution in [0.4, 0.5) is 11.9 Å². The molecule has 0 spiro atoms. The molecule has 0 aliphatic carbocycles. The molecule has 2 aliphatic heterocycles. The first kappa shape index (κ1) is 16.2. The normalized spacial score (nSPS) is 25.6. The number of nitrogens with zero attached hydrogens (tertiary/aromatic N) is 5. The SMILES string of the molecule is CCc1cnc(N2CC[C@@H]3[C@@H](CO[C@H]3CNc3ncccn3)C2)nc1. The maximum atomic E-state index is 6.06. The summed E-state index contributed by atoms with van der Waals surface area (Å²) in [6.07, 6.45) is 9.66. The van der Waals surface area contributed by atoms with Gasteiger partial charge in [-0.3, -0.25) is 0 Å². The standard InChI is InChI=1S/C18H24N6O/c1-2-13-8-22-18(23-9-13)24-7-4-15-14(11-24)12-25-16(15)10-21-17-19-5-3-6-20-17/h3,5-6,8-9,14-16H,2,4,7,10-12H2,1H3,(H,19,20,21)/t14-,15-,16+/m1/s1. The highest BCUT2D eigenvalue weighted by molar-refractivity contribution is 5.31. The Labute approximate surface area is 147 Å². The van der Waals surface area contributed by atoms with Crippen molar-refractivity contribution in [3.63, 3.8) is 0 Å². The molecule has 4 rings (SSSR count). The van der Waals surface area contributed by atoms with E-state index in [4.69, 9.17) is 4.74 Å². The third-order valence-electron chi connectivity index (χ3n) is 5.20. The van der Waals surface area contributed by atoms with Crippen LogP contribution in [0, 0.1) is 11.8 Å². The second kappa shape index (κ2) is 7.31. The molecule has 0 radical (unpaired) electrons. The zero-order chi connectivity index (χ0) is 17.1. The Balaban J connectivity index is 1.34. The summed E-state index contributed by atoms with van der Waals surface area (Å²) in [7, 11) is 0. The van der Waals surface area contributed by atoms with E-state index >= 15 is 0 Å². The lowest BCUT2D eigenvalue weighted by Crippen LogP contribution is -2.43. The molecule has 2 aliphatic rings. The Hall–Kier alpha value is -2.28. The first-order chi connectivity index (χ1) is 12.3. The summed E-state index contributed by atoms with van der Waals surface area (Å²) >= 11 is 0. The second-order valence-electron chi connectivity index (χ2n) is 6.73. The fourth-order valence-corrected chi connectivity index (χ4v) is 3.75. The number of aryl methyl sites for hydroxylation is 1. The smallest absolute Gasteiger partial charge is 0.225 e. The molecule has 0 aromatic carbocycles. The molecule has 0 amide bonds. The van der Waals surface area contributed by atoms with Crippen molar-refractivity contribution in [2.75, 3.05) is 36.5 Å². The molecule has 0 unspecified atom stereocenters. The lowest BCUT2D eigenvalue weighted by Gasteiger charge is -2.35. The van der Waals surface area contributed by atoms with Crippen molar-refractivity contribution in [2.24, 2.45) is 11.8 Å². The first-order valence-corrected chi connectivity index (χ1v) is 9.02. The highest BCUT2D eigenvalue weighted by atomic mass is 16.5. The lowest BCUT2D eigenvalue weighted by molar-refractivity contribution is 0.0991. The predicted octanol–water partition coefficient (Wildman–Crippen LogP) is 1.78. The van der Waals surface area contributed by atoms with Crippen LogP contribution in [0.5, 0.6) is 0 Å². The number of aromatic nitrogens is 4. The van der Waals surface area contributed by atoms with E-state index < -0.39 is 0 Å². The summed E-state index contributed by atoms with van der Waals surface area (Å²) in [5, 5.41) is 3.29. The van der Waals surface area contributed by atoms with Gasteiger partial charge in [0.1, 0.15) is 0 Å². The highest BCUT2D eigenvalue weighted by Gasteiger charge is 2.41. The topological polar surface area (TPSA) is 76.1 Å². The van der Waals surface area contributed by atoms with E-state index in [-0.39, 0.29) is 6.10 Å². The van der Waals surface area contributed by atoms with Gasteiger partial charge in [0.25, 0.3) is 0 Å². The minimum absolute atomic E-state index is 0.222. The number of hydrogen-bond acceptors (Lipinski definition) is 7. The zero-order valence-electron chi connectivity index (χ0n) is 14.5. The van der Waals surface area contributed by atoms with Gasteiger partial charge in [0.05, 0.1) is 12.7 Å². The minimum Gasteiger partial charge on any atom is -0.376 e. The molecule has 0 bridgehead atoms. The van der Waals surface area contributed by atoms with E-state index in [0.29, 0.717) is 17.8 Å². The van der Waals surface area contributed by atoms with Crippen LogP contribution in [-0.2, 0) is 11.2 Å². The van der Waals surface area contributed by atoms with Gasteiger partial charge in [-0.2, -0.15) is 0 Å². The predicted molar refractivity (Wildman–Crippen MR) is 95.5 cm³/mol. The average molecular weight is 340 g/mol. The molecular weight excluding hydrogens is 316 g/mol. The van der Waals surface area contributed by atoms with Crippen molar-refractivity contribution in [1.82, 2.24) is 19.9 Å². The van der Waals surface area contributed by atoms with Gasteiger partial charge in [0.2, 0.25) is 11.9 Å². The van der Waals surface area contributed by atoms with E-state index in [0.717, 1.165) is 45.0 Å². The average Bonchev–Trinajstić information content (AvgIpc) is 3.09. The van der Waals surface area contributed by atoms with E-state index in [2.05, 4.69) is 37.1 Å². The fourth-order valence-electron chi connectivity index (χ4n) is 3.75. The van der Waals surface area contributed by atoms with Crippen LogP contribution in [0.3, 0.4) is 0 Å². The Kier molecular flexibility index (Phi) is 4.74. The van der Waals surface area contributed by atoms with Crippen molar-refractivity contribution in [1.29, 1.82) is 0 Å². The Morgan fingerprint density at radius 2 is 2.00 bits per heavy atom. The molecule has 2 fully saturated rings. The number of rotatable bonds is 5. The van der Waals surface area contributed by atoms with Gasteiger partial charge < -0.3 is 15.0 Å². The molecule has 4 heterocycles. The Morgan fingerprint density at radius 3 is 2.76 bits per heavy atom. The van der Waals surface area contributed by atoms with Gasteiger partial charge in [-0.05, 0) is 30.4 Å². The van der Waals surface area contributed by atoms with Gasteiger partial charge in [-0.25, -0.2) is 19.9 Å². The van der Waals surface area contributed by atoms with Crippen molar-refractivity contribution in [2.45, 2.75) is 25.9 Å². The third kappa shape index (κ3) is 3.56. The molecule has 2 aromatic rings. The first-order valence-electron chi connectivity index (χ1n) is 9.02. The van der Waals surface area contributed by atoms with E-state index in [1.807, 2.05) is 18.5 Å². The van der Waals surface area contributed by atoms with Crippen molar-refractivity contribution >= 4 is 11.9 Å². The molecule has 0 saturated carbocycles. The number of fused-ring (bicyclic) bond motifs is 1. The number of hydrogen-bond donors (Lipinski definition) is 1. The number of piperidine rings is 1. The van der Waals surface area contributed by atoms with Gasteiger partial charge in [-0.15, -0.1) is 0 Å². The van der Waals surface area contributed by atoms with Crippen LogP contribution in [0.15, 0.2) is 30.9 Å². The summed E-state index contributed by atoms with van der Waals surface area (Å²) in [5.74, 6) is 2.61. The quantitative estimate of drug-likeness (QED) is 0.889. The van der Waals surface area contributed by atoms with Gasteiger partial charge in [-0.1, -0.05) is 6.92 Å². The fraction of sp³-hybridized carbons (Fsp3) is 0.556. The van der Waals surface area contributed by atoms with Crippen molar-refractivity contribution in [3.05, 3.63) is 36.4 Å². The monoisotopic (exact) mass is 340 g/mol. The number of anilines is 2. The Bertz CT molecular complexity index is 680. The maximum Gasteiger partial charge on any atom is 0.225 e. The largest absolute Gasteiger partial charge is 0.376 e. The molecule has 2 saturated heterocycles. The second-order valence-corrected chi connectivity index (χ2v) is 6.73. The van der Waals surface area contributed by atoms with E-state index in [1.165, 1.54) is 5.56 Å². The number of nitrogens with one attached hydrogen (secondary N) is 1. The van der Waals surface area contributed by atoms with Gasteiger partial charge in [0.15, 0.2) is 0 Å². The molecule has 132 valence electrons. The van der Waals surface area contributed by atoms with Crippen LogP contribution in [0.1, 0.15) is 18.9 Å². The lowest BCUT2D eigenvalue weighted by atomic mass is 9.84. The summed E-state index contributed by atoms with van der Waals surface area (Å²) in [5.41, 5.74) is 1.18. The number of ether oxygens (including phenoxy) is 1. The molecule has 7 nitrogen and oxygen atoms in total. The van der Waals surface area contributed by atoms with Crippen molar-refractivity contribution in [3.8, 4) is 0 Å². The van der Waals surface area contributed by atoms with E-state index in [1.54, 1.807) is 12.4 Å². The van der Waals surface area contributed by atoms with Crippen LogP contribution in [0.2, 0.25) is 0 Å². The van der Waals surface area contributed by atoms with Crippen LogP contribution >= 0.6 is 0 Å². The summed E-state index contributed by atoms with van der Waals surface area (Å²) in [6.45, 7) is 5.63. The zero-order valence-corrected chi connectivity index (χ0v) is 14.5. The maximum absolute atomic E-state index is 6.06. The summed E-state index contributed by atoms with van der Waals surface area (Å²) < 4.78 is 6.06. The highest BCUT2D eigenvalue weighted by Crippen LogP contribution is 2.35. The van der Waals surface area contributed by atoms with Crippen LogP contribution in [-0.4, -0.2) is 52.3 Å². The molecule has 7 heteroatoms. The van der Waals surface area contributed by atoms with Crippen LogP contribution < -0.4 is 10.2 Å². The molecule has 1 N–H and O–H groups in total. The molecule has 25 heavy (non-hydrogen) atoms. The van der Waals surface area contributed by atoms with Crippen molar-refractivity contribution < 1.29 is 4.74 Å². The van der Waals surface area contributed by atoms with E-state index in [9.17, 15) is 0 Å². The Morgan fingerprint density at radius 1 is 1.20 bits per heavy atom. The molecular formula is C18H24N6O. The van der Waals surface area contributed by atoms with Crippen LogP contribution in [0.25, 0.3) is 0 Å². The van der Waals surface area contributed by atoms with Gasteiger partial charge >= 0.3 is 0 Å².